The smallest absolute Gasteiger partial charge is 0.342 e. The second-order valence-corrected chi connectivity index (χ2v) is 5.74. The fraction of sp³-hybridized carbons (Fsp3) is 0.263. The molecular weight excluding hydrogens is 360 g/mol. The van der Waals surface area contributed by atoms with Gasteiger partial charge in [-0.2, -0.15) is 0 Å². The van der Waals surface area contributed by atoms with Gasteiger partial charge in [0.05, 0.1) is 21.3 Å². The van der Waals surface area contributed by atoms with Crippen LogP contribution in [-0.4, -0.2) is 39.2 Å². The largest absolute Gasteiger partial charge is 0.493 e. The maximum Gasteiger partial charge on any atom is 0.342 e. The van der Waals surface area contributed by atoms with E-state index in [9.17, 15) is 9.59 Å². The van der Waals surface area contributed by atoms with Crippen molar-refractivity contribution in [3.05, 3.63) is 52.5 Å². The number of esters is 1. The predicted octanol–water partition coefficient (Wildman–Crippen LogP) is 3.79. The van der Waals surface area contributed by atoms with Crippen molar-refractivity contribution in [3.8, 4) is 17.2 Å². The highest BCUT2D eigenvalue weighted by atomic mass is 35.5. The summed E-state index contributed by atoms with van der Waals surface area (Å²) in [6.45, 7) is 1.50. The van der Waals surface area contributed by atoms with Gasteiger partial charge in [0, 0.05) is 10.6 Å². The van der Waals surface area contributed by atoms with Crippen molar-refractivity contribution in [1.82, 2.24) is 0 Å². The van der Waals surface area contributed by atoms with Crippen LogP contribution in [0.4, 0.5) is 0 Å². The van der Waals surface area contributed by atoms with Gasteiger partial charge in [0.2, 0.25) is 11.5 Å². The molecule has 7 heteroatoms. The fourth-order valence-corrected chi connectivity index (χ4v) is 2.51. The molecule has 0 radical (unpaired) electrons. The first-order valence-electron chi connectivity index (χ1n) is 7.72. The van der Waals surface area contributed by atoms with Crippen LogP contribution in [0.2, 0.25) is 5.02 Å². The maximum absolute atomic E-state index is 12.5. The van der Waals surface area contributed by atoms with Crippen molar-refractivity contribution in [2.75, 3.05) is 21.3 Å². The molecule has 26 heavy (non-hydrogen) atoms. The number of hydrogen-bond acceptors (Lipinski definition) is 6. The van der Waals surface area contributed by atoms with Crippen LogP contribution in [0, 0.1) is 0 Å². The fourth-order valence-electron chi connectivity index (χ4n) is 2.39. The average molecular weight is 379 g/mol. The van der Waals surface area contributed by atoms with E-state index in [1.54, 1.807) is 30.3 Å². The van der Waals surface area contributed by atoms with Gasteiger partial charge in [-0.25, -0.2) is 4.79 Å². The summed E-state index contributed by atoms with van der Waals surface area (Å²) in [4.78, 5) is 24.9. The van der Waals surface area contributed by atoms with E-state index in [1.807, 2.05) is 0 Å². The number of Topliss-reactive ketones (excluding diaryl/α,β-unsaturated/α-hetero) is 1. The van der Waals surface area contributed by atoms with Crippen molar-refractivity contribution in [2.45, 2.75) is 13.0 Å². The summed E-state index contributed by atoms with van der Waals surface area (Å²) < 4.78 is 21.0. The molecule has 2 aromatic carbocycles. The number of rotatable bonds is 7. The van der Waals surface area contributed by atoms with E-state index in [4.69, 9.17) is 30.5 Å². The zero-order chi connectivity index (χ0) is 19.3. The van der Waals surface area contributed by atoms with Crippen LogP contribution < -0.4 is 14.2 Å². The van der Waals surface area contributed by atoms with E-state index in [1.165, 1.54) is 34.3 Å². The highest BCUT2D eigenvalue weighted by Gasteiger charge is 2.25. The van der Waals surface area contributed by atoms with Gasteiger partial charge in [-0.05, 0) is 43.3 Å². The summed E-state index contributed by atoms with van der Waals surface area (Å²) in [5.41, 5.74) is 0.523. The Hall–Kier alpha value is -2.73. The number of methoxy groups -OCH3 is 3. The lowest BCUT2D eigenvalue weighted by Gasteiger charge is -2.17. The molecular formula is C19H19ClO6. The molecule has 0 saturated carbocycles. The number of ether oxygens (including phenoxy) is 4. The molecule has 138 valence electrons. The normalized spacial score (nSPS) is 11.4. The van der Waals surface area contributed by atoms with Crippen LogP contribution in [-0.2, 0) is 4.74 Å². The Bertz CT molecular complexity index is 800. The standard InChI is InChI=1S/C19H19ClO6/c1-11(16(21)12-5-7-13(20)8-6-12)26-19(22)14-9-10-15(23-2)18(25-4)17(14)24-3/h5-11H,1-4H3. The first-order chi connectivity index (χ1) is 12.4. The molecule has 0 N–H and O–H groups in total. The molecule has 0 aliphatic heterocycles. The van der Waals surface area contributed by atoms with E-state index < -0.39 is 12.1 Å². The molecule has 0 bridgehead atoms. The third-order valence-electron chi connectivity index (χ3n) is 3.71. The first kappa shape index (κ1) is 19.6. The van der Waals surface area contributed by atoms with Crippen LogP contribution in [0.3, 0.4) is 0 Å². The van der Waals surface area contributed by atoms with Crippen LogP contribution >= 0.6 is 11.6 Å². The highest BCUT2D eigenvalue weighted by molar-refractivity contribution is 6.30. The molecule has 0 aliphatic rings. The van der Waals surface area contributed by atoms with Crippen molar-refractivity contribution in [1.29, 1.82) is 0 Å². The Kier molecular flexibility index (Phi) is 6.46. The van der Waals surface area contributed by atoms with Crippen molar-refractivity contribution in [3.63, 3.8) is 0 Å². The van der Waals surface area contributed by atoms with Crippen molar-refractivity contribution in [2.24, 2.45) is 0 Å². The topological polar surface area (TPSA) is 71.1 Å². The minimum absolute atomic E-state index is 0.126. The first-order valence-corrected chi connectivity index (χ1v) is 8.10. The molecule has 0 amide bonds. The Morgan fingerprint density at radius 2 is 1.50 bits per heavy atom. The molecule has 0 aliphatic carbocycles. The molecule has 2 rings (SSSR count). The van der Waals surface area contributed by atoms with Crippen LogP contribution in [0.15, 0.2) is 36.4 Å². The predicted molar refractivity (Wildman–Crippen MR) is 96.8 cm³/mol. The van der Waals surface area contributed by atoms with E-state index in [2.05, 4.69) is 0 Å². The minimum atomic E-state index is -0.985. The number of carbonyl (C=O) groups excluding carboxylic acids is 2. The average Bonchev–Trinajstić information content (AvgIpc) is 2.66. The summed E-state index contributed by atoms with van der Waals surface area (Å²) in [6, 6.07) is 9.39. The van der Waals surface area contributed by atoms with Crippen LogP contribution in [0.25, 0.3) is 0 Å². The van der Waals surface area contributed by atoms with E-state index in [0.29, 0.717) is 16.3 Å². The van der Waals surface area contributed by atoms with E-state index >= 15 is 0 Å². The van der Waals surface area contributed by atoms with Gasteiger partial charge in [0.15, 0.2) is 17.6 Å². The van der Waals surface area contributed by atoms with Crippen molar-refractivity contribution >= 4 is 23.4 Å². The molecule has 0 heterocycles. The molecule has 0 fully saturated rings. The second-order valence-electron chi connectivity index (χ2n) is 5.30. The zero-order valence-electron chi connectivity index (χ0n) is 14.9. The lowest BCUT2D eigenvalue weighted by Crippen LogP contribution is -2.24. The van der Waals surface area contributed by atoms with E-state index in [0.717, 1.165) is 0 Å². The number of benzene rings is 2. The maximum atomic E-state index is 12.5. The molecule has 6 nitrogen and oxygen atoms in total. The molecule has 1 atom stereocenters. The molecule has 1 unspecified atom stereocenters. The Morgan fingerprint density at radius 1 is 0.885 bits per heavy atom. The number of hydrogen-bond donors (Lipinski definition) is 0. The summed E-state index contributed by atoms with van der Waals surface area (Å²) in [7, 11) is 4.31. The molecule has 0 aromatic heterocycles. The number of ketones is 1. The monoisotopic (exact) mass is 378 g/mol. The number of carbonyl (C=O) groups is 2. The molecule has 2 aromatic rings. The van der Waals surface area contributed by atoms with Gasteiger partial charge in [-0.15, -0.1) is 0 Å². The van der Waals surface area contributed by atoms with Gasteiger partial charge >= 0.3 is 5.97 Å². The van der Waals surface area contributed by atoms with Gasteiger partial charge in [-0.1, -0.05) is 11.6 Å². The van der Waals surface area contributed by atoms with Crippen LogP contribution in [0.1, 0.15) is 27.6 Å². The van der Waals surface area contributed by atoms with Crippen molar-refractivity contribution < 1.29 is 28.5 Å². The Labute approximate surface area is 156 Å². The van der Waals surface area contributed by atoms with Gasteiger partial charge in [0.25, 0.3) is 0 Å². The summed E-state index contributed by atoms with van der Waals surface area (Å²) in [5, 5.41) is 0.515. The molecule has 0 saturated heterocycles. The third-order valence-corrected chi connectivity index (χ3v) is 3.96. The molecule has 0 spiro atoms. The summed E-state index contributed by atoms with van der Waals surface area (Å²) in [6.07, 6.45) is -0.985. The zero-order valence-corrected chi connectivity index (χ0v) is 15.6. The number of halogens is 1. The lowest BCUT2D eigenvalue weighted by molar-refractivity contribution is 0.0315. The Balaban J connectivity index is 2.23. The quantitative estimate of drug-likeness (QED) is 0.539. The summed E-state index contributed by atoms with van der Waals surface area (Å²) >= 11 is 5.81. The van der Waals surface area contributed by atoms with Gasteiger partial charge in [0.1, 0.15) is 5.56 Å². The van der Waals surface area contributed by atoms with Gasteiger partial charge in [-0.3, -0.25) is 4.79 Å². The van der Waals surface area contributed by atoms with Gasteiger partial charge < -0.3 is 18.9 Å². The van der Waals surface area contributed by atoms with Crippen LogP contribution in [0.5, 0.6) is 17.2 Å². The Morgan fingerprint density at radius 3 is 2.04 bits per heavy atom. The second kappa shape index (κ2) is 8.58. The minimum Gasteiger partial charge on any atom is -0.493 e. The third kappa shape index (κ3) is 4.08. The SMILES string of the molecule is COc1ccc(C(=O)OC(C)C(=O)c2ccc(Cl)cc2)c(OC)c1OC. The lowest BCUT2D eigenvalue weighted by atomic mass is 10.1. The van der Waals surface area contributed by atoms with E-state index in [-0.39, 0.29) is 22.8 Å². The highest BCUT2D eigenvalue weighted by Crippen LogP contribution is 2.40. The summed E-state index contributed by atoms with van der Waals surface area (Å²) in [5.74, 6) is -0.206.